The van der Waals surface area contributed by atoms with Gasteiger partial charge in [-0.25, -0.2) is 0 Å². The highest BCUT2D eigenvalue weighted by molar-refractivity contribution is 7.87. The van der Waals surface area contributed by atoms with Crippen LogP contribution in [0.2, 0.25) is 5.02 Å². The summed E-state index contributed by atoms with van der Waals surface area (Å²) < 4.78 is 31.8. The van der Waals surface area contributed by atoms with Crippen LogP contribution in [0.1, 0.15) is 80.2 Å². The molecule has 6 rings (SSSR count). The van der Waals surface area contributed by atoms with Crippen molar-refractivity contribution in [1.82, 2.24) is 18.9 Å². The molecule has 0 spiro atoms. The molecule has 3 aliphatic rings. The largest absolute Gasteiger partial charge is 0.373 e. The fourth-order valence-electron chi connectivity index (χ4n) is 6.59. The molecule has 0 radical (unpaired) electrons. The van der Waals surface area contributed by atoms with E-state index in [9.17, 15) is 18.3 Å². The lowest BCUT2D eigenvalue weighted by Gasteiger charge is -2.24. The zero-order chi connectivity index (χ0) is 28.7. The van der Waals surface area contributed by atoms with Crippen LogP contribution in [-0.4, -0.2) is 48.4 Å². The molecule has 0 saturated heterocycles. The van der Waals surface area contributed by atoms with Crippen LogP contribution in [0, 0.1) is 0 Å². The molecule has 1 fully saturated rings. The summed E-state index contributed by atoms with van der Waals surface area (Å²) in [7, 11) is -2.39. The second-order valence-electron chi connectivity index (χ2n) is 11.5. The van der Waals surface area contributed by atoms with Crippen molar-refractivity contribution in [3.8, 4) is 11.3 Å². The molecule has 1 saturated carbocycles. The summed E-state index contributed by atoms with van der Waals surface area (Å²) in [5.41, 5.74) is 6.18. The van der Waals surface area contributed by atoms with Crippen LogP contribution >= 0.6 is 11.6 Å². The summed E-state index contributed by atoms with van der Waals surface area (Å²) in [6.07, 6.45) is 8.41. The van der Waals surface area contributed by atoms with Gasteiger partial charge in [0.1, 0.15) is 6.23 Å². The van der Waals surface area contributed by atoms with E-state index in [-0.39, 0.29) is 5.91 Å². The van der Waals surface area contributed by atoms with Crippen molar-refractivity contribution in [2.45, 2.75) is 70.1 Å². The predicted molar refractivity (Wildman–Crippen MR) is 163 cm³/mol. The summed E-state index contributed by atoms with van der Waals surface area (Å²) in [4.78, 5) is 13.5. The number of aliphatic hydroxyl groups is 1. The van der Waals surface area contributed by atoms with Crippen LogP contribution < -0.4 is 10.0 Å². The molecule has 1 aromatic heterocycles. The van der Waals surface area contributed by atoms with E-state index in [4.69, 9.17) is 11.6 Å². The molecule has 2 aromatic carbocycles. The Labute approximate surface area is 246 Å². The summed E-state index contributed by atoms with van der Waals surface area (Å²) in [6.45, 7) is 1.18. The van der Waals surface area contributed by atoms with Crippen LogP contribution in [0.15, 0.2) is 42.0 Å². The normalized spacial score (nSPS) is 22.7. The third-order valence-electron chi connectivity index (χ3n) is 8.78. The minimum atomic E-state index is -3.90. The van der Waals surface area contributed by atoms with Gasteiger partial charge >= 0.3 is 0 Å². The lowest BCUT2D eigenvalue weighted by molar-refractivity contribution is -0.117. The summed E-state index contributed by atoms with van der Waals surface area (Å²) in [6, 6.07) is 11.5. The molecule has 3 aromatic rings. The van der Waals surface area contributed by atoms with E-state index in [1.807, 2.05) is 36.4 Å². The topological polar surface area (TPSA) is 104 Å². The molecular formula is C31H37ClN4O4S. The number of hydrogen-bond acceptors (Lipinski definition) is 4. The first-order chi connectivity index (χ1) is 19.7. The number of amides is 1. The van der Waals surface area contributed by atoms with Crippen molar-refractivity contribution in [2.24, 2.45) is 0 Å². The average molecular weight is 597 g/mol. The number of aliphatic hydroxyl groups excluding tert-OH is 1. The van der Waals surface area contributed by atoms with Gasteiger partial charge in [-0.1, -0.05) is 55.5 Å². The van der Waals surface area contributed by atoms with Crippen LogP contribution in [-0.2, 0) is 21.5 Å². The van der Waals surface area contributed by atoms with Crippen molar-refractivity contribution in [3.05, 3.63) is 63.7 Å². The molecule has 218 valence electrons. The van der Waals surface area contributed by atoms with Crippen LogP contribution in [0.25, 0.3) is 28.2 Å². The van der Waals surface area contributed by atoms with Gasteiger partial charge in [-0.2, -0.15) is 17.4 Å². The standard InChI is InChI=1S/C31H37ClN4O4S/c1-35-15-7-3-6-14-33-30(37)23-16-21-10-12-24(32)18-26(21)29-28(20-8-4-2-5-9-20)25-13-11-22(17-27(25)36(29)19-23)31(38)34-41(35,39)40/h10-13,16-18,20,31,34,38H,2-9,14-15,19H2,1H3,(H,33,37). The number of rotatable bonds is 1. The molecule has 10 heteroatoms. The minimum absolute atomic E-state index is 0.110. The molecule has 1 atom stereocenters. The monoisotopic (exact) mass is 596 g/mol. The molecule has 2 aliphatic heterocycles. The fourth-order valence-corrected chi connectivity index (χ4v) is 7.73. The first-order valence-corrected chi connectivity index (χ1v) is 16.4. The lowest BCUT2D eigenvalue weighted by atomic mass is 9.81. The summed E-state index contributed by atoms with van der Waals surface area (Å²) in [5.74, 6) is 0.243. The molecule has 4 bridgehead atoms. The third-order valence-corrected chi connectivity index (χ3v) is 10.5. The van der Waals surface area contributed by atoms with Crippen molar-refractivity contribution in [3.63, 3.8) is 0 Å². The van der Waals surface area contributed by atoms with E-state index in [1.165, 1.54) is 23.3 Å². The molecule has 8 nitrogen and oxygen atoms in total. The molecular weight excluding hydrogens is 560 g/mol. The van der Waals surface area contributed by atoms with Crippen LogP contribution in [0.4, 0.5) is 0 Å². The maximum absolute atomic E-state index is 13.5. The number of halogens is 1. The second kappa shape index (κ2) is 11.5. The highest BCUT2D eigenvalue weighted by Gasteiger charge is 2.31. The van der Waals surface area contributed by atoms with Crippen molar-refractivity contribution in [1.29, 1.82) is 0 Å². The lowest BCUT2D eigenvalue weighted by Crippen LogP contribution is -2.40. The van der Waals surface area contributed by atoms with Crippen molar-refractivity contribution < 1.29 is 18.3 Å². The van der Waals surface area contributed by atoms with Gasteiger partial charge in [0, 0.05) is 47.2 Å². The number of benzene rings is 2. The number of nitrogens with one attached hydrogen (secondary N) is 2. The van der Waals surface area contributed by atoms with Gasteiger partial charge in [0.15, 0.2) is 0 Å². The zero-order valence-corrected chi connectivity index (χ0v) is 24.9. The van der Waals surface area contributed by atoms with Gasteiger partial charge in [0.05, 0.1) is 12.2 Å². The molecule has 41 heavy (non-hydrogen) atoms. The summed E-state index contributed by atoms with van der Waals surface area (Å²) in [5, 5.41) is 15.9. The van der Waals surface area contributed by atoms with E-state index in [2.05, 4.69) is 14.6 Å². The average Bonchev–Trinajstić information content (AvgIpc) is 3.17. The Balaban J connectivity index is 1.58. The Bertz CT molecular complexity index is 1620. The molecule has 1 amide bonds. The Kier molecular flexibility index (Phi) is 8.00. The van der Waals surface area contributed by atoms with Gasteiger partial charge < -0.3 is 15.0 Å². The molecule has 3 heterocycles. The summed E-state index contributed by atoms with van der Waals surface area (Å²) >= 11 is 6.56. The quantitative estimate of drug-likeness (QED) is 0.347. The Morgan fingerprint density at radius 1 is 1.00 bits per heavy atom. The number of hydrogen-bond donors (Lipinski definition) is 3. The maximum atomic E-state index is 13.5. The van der Waals surface area contributed by atoms with Gasteiger partial charge in [-0.3, -0.25) is 4.79 Å². The number of carbonyl (C=O) groups is 1. The SMILES string of the molecule is CN1CCCCCNC(=O)C2=Cc3ccc(Cl)cc3-c3c(C4CCCCC4)c4ccc(cc4n3C2)C(O)NS1(=O)=O. The van der Waals surface area contributed by atoms with Crippen LogP contribution in [0.3, 0.4) is 0 Å². The first-order valence-electron chi connectivity index (χ1n) is 14.6. The van der Waals surface area contributed by atoms with Gasteiger partial charge in [-0.15, -0.1) is 0 Å². The van der Waals surface area contributed by atoms with Gasteiger partial charge in [-0.05, 0) is 72.6 Å². The van der Waals surface area contributed by atoms with E-state index in [1.54, 1.807) is 6.07 Å². The Morgan fingerprint density at radius 3 is 2.59 bits per heavy atom. The van der Waals surface area contributed by atoms with Crippen molar-refractivity contribution >= 4 is 44.7 Å². The van der Waals surface area contributed by atoms with Gasteiger partial charge in [0.2, 0.25) is 5.91 Å². The van der Waals surface area contributed by atoms with E-state index in [0.29, 0.717) is 48.1 Å². The number of nitrogens with zero attached hydrogens (tertiary/aromatic N) is 2. The number of carbonyl (C=O) groups excluding carboxylic acids is 1. The number of fused-ring (bicyclic) bond motifs is 4. The van der Waals surface area contributed by atoms with E-state index >= 15 is 0 Å². The predicted octanol–water partition coefficient (Wildman–Crippen LogP) is 5.46. The Hall–Kier alpha value is -2.69. The zero-order valence-electron chi connectivity index (χ0n) is 23.3. The van der Waals surface area contributed by atoms with Crippen LogP contribution in [0.5, 0.6) is 0 Å². The maximum Gasteiger partial charge on any atom is 0.281 e. The Morgan fingerprint density at radius 2 is 1.78 bits per heavy atom. The minimum Gasteiger partial charge on any atom is -0.373 e. The molecule has 3 N–H and O–H groups in total. The molecule has 1 unspecified atom stereocenters. The molecule has 1 aliphatic carbocycles. The first kappa shape index (κ1) is 28.4. The fraction of sp³-hybridized carbons (Fsp3) is 0.452. The third kappa shape index (κ3) is 5.58. The highest BCUT2D eigenvalue weighted by Crippen LogP contribution is 2.47. The van der Waals surface area contributed by atoms with E-state index < -0.39 is 16.4 Å². The van der Waals surface area contributed by atoms with Gasteiger partial charge in [0.25, 0.3) is 10.2 Å². The van der Waals surface area contributed by atoms with Crippen molar-refractivity contribution in [2.75, 3.05) is 20.1 Å². The van der Waals surface area contributed by atoms with E-state index in [0.717, 1.165) is 66.2 Å². The highest BCUT2D eigenvalue weighted by atomic mass is 35.5. The second-order valence-corrected chi connectivity index (χ2v) is 13.8. The number of aromatic nitrogens is 1. The smallest absolute Gasteiger partial charge is 0.281 e.